The summed E-state index contributed by atoms with van der Waals surface area (Å²) in [6.07, 6.45) is 14.6. The standard InChI is InChI=1S/C22H38O5/c1-4-5-6-7-8-9-10-11-12-13-18(23)14-15-19(24)20(25)16-17-22(2,3)21(26)27/h8-9,11-12,14-15,18-20,23-25H,4-7,10,13,16-17H2,1-3H3,(H,26,27)/b9-8-,12-11-,15-14+. The van der Waals surface area contributed by atoms with Crippen LogP contribution in [0.5, 0.6) is 0 Å². The van der Waals surface area contributed by atoms with Crippen LogP contribution in [0.4, 0.5) is 0 Å². The van der Waals surface area contributed by atoms with Crippen molar-refractivity contribution in [2.24, 2.45) is 5.41 Å². The first-order chi connectivity index (χ1) is 12.7. The van der Waals surface area contributed by atoms with Crippen LogP contribution in [0.15, 0.2) is 36.5 Å². The van der Waals surface area contributed by atoms with Crippen LogP contribution in [-0.2, 0) is 4.79 Å². The summed E-state index contributed by atoms with van der Waals surface area (Å²) in [5.74, 6) is -0.933. The molecule has 3 atom stereocenters. The van der Waals surface area contributed by atoms with Gasteiger partial charge in [-0.3, -0.25) is 4.79 Å². The van der Waals surface area contributed by atoms with Gasteiger partial charge in [0.1, 0.15) is 0 Å². The fourth-order valence-corrected chi connectivity index (χ4v) is 2.37. The van der Waals surface area contributed by atoms with E-state index in [2.05, 4.69) is 19.1 Å². The molecule has 0 saturated carbocycles. The van der Waals surface area contributed by atoms with Crippen molar-refractivity contribution in [3.63, 3.8) is 0 Å². The second kappa shape index (κ2) is 14.6. The summed E-state index contributed by atoms with van der Waals surface area (Å²) < 4.78 is 0. The molecule has 0 aromatic rings. The molecule has 0 aromatic carbocycles. The summed E-state index contributed by atoms with van der Waals surface area (Å²) >= 11 is 0. The summed E-state index contributed by atoms with van der Waals surface area (Å²) in [7, 11) is 0. The second-order valence-corrected chi connectivity index (χ2v) is 7.65. The molecule has 156 valence electrons. The largest absolute Gasteiger partial charge is 0.481 e. The van der Waals surface area contributed by atoms with Crippen LogP contribution in [0.3, 0.4) is 0 Å². The average Bonchev–Trinajstić information content (AvgIpc) is 2.62. The van der Waals surface area contributed by atoms with Crippen LogP contribution >= 0.6 is 0 Å². The second-order valence-electron chi connectivity index (χ2n) is 7.65. The summed E-state index contributed by atoms with van der Waals surface area (Å²) in [4.78, 5) is 11.0. The molecule has 0 aromatic heterocycles. The molecule has 0 rings (SSSR count). The van der Waals surface area contributed by atoms with E-state index < -0.39 is 29.7 Å². The van der Waals surface area contributed by atoms with E-state index in [1.807, 2.05) is 12.2 Å². The molecule has 0 bridgehead atoms. The lowest BCUT2D eigenvalue weighted by Gasteiger charge is -2.22. The van der Waals surface area contributed by atoms with Crippen molar-refractivity contribution in [1.29, 1.82) is 0 Å². The normalized spacial score (nSPS) is 16.4. The SMILES string of the molecule is CCCCC/C=C\C/C=C\CC(O)/C=C/C(O)C(O)CCC(C)(C)C(=O)O. The third kappa shape index (κ3) is 13.4. The summed E-state index contributed by atoms with van der Waals surface area (Å²) in [6.45, 7) is 5.35. The zero-order valence-electron chi connectivity index (χ0n) is 17.1. The minimum absolute atomic E-state index is 0.172. The zero-order valence-corrected chi connectivity index (χ0v) is 17.1. The van der Waals surface area contributed by atoms with Crippen LogP contribution in [0.2, 0.25) is 0 Å². The summed E-state index contributed by atoms with van der Waals surface area (Å²) in [6, 6.07) is 0. The van der Waals surface area contributed by atoms with E-state index in [9.17, 15) is 20.1 Å². The number of hydrogen-bond acceptors (Lipinski definition) is 4. The highest BCUT2D eigenvalue weighted by Gasteiger charge is 2.28. The smallest absolute Gasteiger partial charge is 0.309 e. The Morgan fingerprint density at radius 1 is 1.00 bits per heavy atom. The molecule has 0 amide bonds. The highest BCUT2D eigenvalue weighted by Crippen LogP contribution is 2.24. The molecular formula is C22H38O5. The number of aliphatic carboxylic acids is 1. The van der Waals surface area contributed by atoms with E-state index in [0.717, 1.165) is 12.8 Å². The maximum atomic E-state index is 11.0. The van der Waals surface area contributed by atoms with Crippen LogP contribution in [0.1, 0.15) is 72.1 Å². The molecule has 0 spiro atoms. The molecule has 0 aliphatic rings. The Kier molecular flexibility index (Phi) is 13.8. The van der Waals surface area contributed by atoms with Crippen molar-refractivity contribution in [2.75, 3.05) is 0 Å². The third-order valence-electron chi connectivity index (χ3n) is 4.53. The monoisotopic (exact) mass is 382 g/mol. The van der Waals surface area contributed by atoms with Crippen LogP contribution < -0.4 is 0 Å². The molecular weight excluding hydrogens is 344 g/mol. The number of carbonyl (C=O) groups is 1. The van der Waals surface area contributed by atoms with E-state index in [1.54, 1.807) is 13.8 Å². The first kappa shape index (κ1) is 25.6. The van der Waals surface area contributed by atoms with Gasteiger partial charge in [-0.25, -0.2) is 0 Å². The van der Waals surface area contributed by atoms with Crippen LogP contribution in [0.25, 0.3) is 0 Å². The van der Waals surface area contributed by atoms with Gasteiger partial charge in [0.25, 0.3) is 0 Å². The number of allylic oxidation sites excluding steroid dienone is 3. The van der Waals surface area contributed by atoms with Gasteiger partial charge in [0.2, 0.25) is 0 Å². The molecule has 27 heavy (non-hydrogen) atoms. The Morgan fingerprint density at radius 2 is 1.67 bits per heavy atom. The number of rotatable bonds is 15. The fourth-order valence-electron chi connectivity index (χ4n) is 2.37. The van der Waals surface area contributed by atoms with E-state index in [4.69, 9.17) is 5.11 Å². The Hall–Kier alpha value is -1.43. The Bertz CT molecular complexity index is 479. The lowest BCUT2D eigenvalue weighted by atomic mass is 9.86. The highest BCUT2D eigenvalue weighted by atomic mass is 16.4. The number of unbranched alkanes of at least 4 members (excludes halogenated alkanes) is 3. The molecule has 5 heteroatoms. The first-order valence-electron chi connectivity index (χ1n) is 9.96. The molecule has 0 heterocycles. The molecule has 3 unspecified atom stereocenters. The predicted molar refractivity (Wildman–Crippen MR) is 109 cm³/mol. The molecule has 5 nitrogen and oxygen atoms in total. The van der Waals surface area contributed by atoms with E-state index in [1.165, 1.54) is 31.4 Å². The predicted octanol–water partition coefficient (Wildman–Crippen LogP) is 3.99. The number of hydrogen-bond donors (Lipinski definition) is 4. The van der Waals surface area contributed by atoms with Gasteiger partial charge < -0.3 is 20.4 Å². The zero-order chi connectivity index (χ0) is 20.7. The van der Waals surface area contributed by atoms with Crippen molar-refractivity contribution in [1.82, 2.24) is 0 Å². The lowest BCUT2D eigenvalue weighted by molar-refractivity contribution is -0.147. The average molecular weight is 383 g/mol. The van der Waals surface area contributed by atoms with Gasteiger partial charge >= 0.3 is 5.97 Å². The van der Waals surface area contributed by atoms with Gasteiger partial charge in [-0.1, -0.05) is 56.2 Å². The van der Waals surface area contributed by atoms with Gasteiger partial charge in [0.05, 0.1) is 23.7 Å². The topological polar surface area (TPSA) is 98.0 Å². The molecule has 4 N–H and O–H groups in total. The van der Waals surface area contributed by atoms with Gasteiger partial charge in [-0.2, -0.15) is 0 Å². The minimum atomic E-state index is -1.13. The molecule has 0 aliphatic carbocycles. The molecule has 0 saturated heterocycles. The van der Waals surface area contributed by atoms with Crippen molar-refractivity contribution in [3.05, 3.63) is 36.5 Å². The fraction of sp³-hybridized carbons (Fsp3) is 0.682. The maximum Gasteiger partial charge on any atom is 0.309 e. The van der Waals surface area contributed by atoms with Crippen molar-refractivity contribution < 1.29 is 25.2 Å². The Labute approximate surface area is 164 Å². The van der Waals surface area contributed by atoms with E-state index >= 15 is 0 Å². The highest BCUT2D eigenvalue weighted by molar-refractivity contribution is 5.73. The van der Waals surface area contributed by atoms with Crippen LogP contribution in [-0.4, -0.2) is 44.7 Å². The maximum absolute atomic E-state index is 11.0. The number of carboxylic acids is 1. The number of aliphatic hydroxyl groups is 3. The Morgan fingerprint density at radius 3 is 2.30 bits per heavy atom. The molecule has 0 aliphatic heterocycles. The number of aliphatic hydroxyl groups excluding tert-OH is 3. The number of carboxylic acid groups (broad SMARTS) is 1. The molecule has 0 radical (unpaired) electrons. The van der Waals surface area contributed by atoms with Crippen molar-refractivity contribution in [2.45, 2.75) is 90.4 Å². The van der Waals surface area contributed by atoms with E-state index in [0.29, 0.717) is 6.42 Å². The van der Waals surface area contributed by atoms with Crippen LogP contribution in [0, 0.1) is 5.41 Å². The lowest BCUT2D eigenvalue weighted by Crippen LogP contribution is -2.29. The summed E-state index contributed by atoms with van der Waals surface area (Å²) in [5, 5.41) is 38.8. The van der Waals surface area contributed by atoms with Crippen molar-refractivity contribution in [3.8, 4) is 0 Å². The van der Waals surface area contributed by atoms with E-state index in [-0.39, 0.29) is 12.8 Å². The quantitative estimate of drug-likeness (QED) is 0.254. The third-order valence-corrected chi connectivity index (χ3v) is 4.53. The van der Waals surface area contributed by atoms with Gasteiger partial charge in [0, 0.05) is 0 Å². The van der Waals surface area contributed by atoms with Gasteiger partial charge in [0.15, 0.2) is 0 Å². The van der Waals surface area contributed by atoms with Crippen molar-refractivity contribution >= 4 is 5.97 Å². The first-order valence-corrected chi connectivity index (χ1v) is 9.96. The summed E-state index contributed by atoms with van der Waals surface area (Å²) in [5.41, 5.74) is -0.945. The minimum Gasteiger partial charge on any atom is -0.481 e. The molecule has 0 fully saturated rings. The van der Waals surface area contributed by atoms with Gasteiger partial charge in [-0.05, 0) is 52.4 Å². The Balaban J connectivity index is 4.07. The van der Waals surface area contributed by atoms with Gasteiger partial charge in [-0.15, -0.1) is 0 Å².